The zero-order valence-corrected chi connectivity index (χ0v) is 10.4. The van der Waals surface area contributed by atoms with E-state index in [9.17, 15) is 0 Å². The molecular formula is C14H14N4. The normalized spacial score (nSPS) is 11.0. The number of fused-ring (bicyclic) bond motifs is 1. The van der Waals surface area contributed by atoms with Crippen molar-refractivity contribution in [1.29, 1.82) is 0 Å². The number of pyridine rings is 1. The van der Waals surface area contributed by atoms with Crippen molar-refractivity contribution in [2.75, 3.05) is 5.73 Å². The monoisotopic (exact) mass is 238 g/mol. The molecule has 2 N–H and O–H groups in total. The molecule has 2 aromatic heterocycles. The Morgan fingerprint density at radius 1 is 1.06 bits per heavy atom. The summed E-state index contributed by atoms with van der Waals surface area (Å²) in [4.78, 5) is 4.30. The summed E-state index contributed by atoms with van der Waals surface area (Å²) < 4.78 is 1.72. The fourth-order valence-electron chi connectivity index (χ4n) is 2.36. The van der Waals surface area contributed by atoms with Gasteiger partial charge in [0.1, 0.15) is 0 Å². The summed E-state index contributed by atoms with van der Waals surface area (Å²) in [6.45, 7) is 4.21. The fourth-order valence-corrected chi connectivity index (χ4v) is 2.36. The summed E-state index contributed by atoms with van der Waals surface area (Å²) in [6.07, 6.45) is 1.86. The molecule has 0 amide bonds. The van der Waals surface area contributed by atoms with Crippen molar-refractivity contribution >= 4 is 11.6 Å². The lowest BCUT2D eigenvalue weighted by Gasteiger charge is -2.10. The Balaban J connectivity index is 2.38. The lowest BCUT2D eigenvalue weighted by Crippen LogP contribution is -1.93. The van der Waals surface area contributed by atoms with Crippen LogP contribution in [0.3, 0.4) is 0 Å². The number of anilines is 1. The Morgan fingerprint density at radius 3 is 2.50 bits per heavy atom. The highest BCUT2D eigenvalue weighted by molar-refractivity contribution is 5.81. The highest BCUT2D eigenvalue weighted by Crippen LogP contribution is 2.29. The highest BCUT2D eigenvalue weighted by atomic mass is 15.3. The van der Waals surface area contributed by atoms with Gasteiger partial charge >= 0.3 is 0 Å². The SMILES string of the molecule is Cc1cccc(C)c1-c1cccn2nc(N)nc12. The molecule has 0 aliphatic heterocycles. The van der Waals surface area contributed by atoms with Gasteiger partial charge in [0.2, 0.25) is 5.95 Å². The highest BCUT2D eigenvalue weighted by Gasteiger charge is 2.11. The van der Waals surface area contributed by atoms with E-state index in [1.807, 2.05) is 12.3 Å². The van der Waals surface area contributed by atoms with Gasteiger partial charge in [-0.2, -0.15) is 4.98 Å². The molecule has 1 aromatic carbocycles. The Labute approximate surface area is 105 Å². The van der Waals surface area contributed by atoms with Crippen LogP contribution in [-0.2, 0) is 0 Å². The first-order valence-electron chi connectivity index (χ1n) is 5.84. The van der Waals surface area contributed by atoms with E-state index in [0.717, 1.165) is 11.2 Å². The molecule has 4 nitrogen and oxygen atoms in total. The molecule has 0 unspecified atom stereocenters. The molecule has 0 atom stereocenters. The molecular weight excluding hydrogens is 224 g/mol. The fraction of sp³-hybridized carbons (Fsp3) is 0.143. The third kappa shape index (κ3) is 1.54. The first-order valence-corrected chi connectivity index (χ1v) is 5.84. The number of hydrogen-bond donors (Lipinski definition) is 1. The smallest absolute Gasteiger partial charge is 0.240 e. The van der Waals surface area contributed by atoms with Crippen molar-refractivity contribution in [2.45, 2.75) is 13.8 Å². The predicted molar refractivity (Wildman–Crippen MR) is 72.3 cm³/mol. The van der Waals surface area contributed by atoms with Crippen LogP contribution in [0.25, 0.3) is 16.8 Å². The Kier molecular flexibility index (Phi) is 2.30. The number of aryl methyl sites for hydroxylation is 2. The van der Waals surface area contributed by atoms with E-state index in [4.69, 9.17) is 5.73 Å². The lowest BCUT2D eigenvalue weighted by atomic mass is 9.97. The summed E-state index contributed by atoms with van der Waals surface area (Å²) in [5, 5.41) is 4.14. The maximum atomic E-state index is 5.67. The van der Waals surface area contributed by atoms with Gasteiger partial charge in [-0.05, 0) is 42.7 Å². The van der Waals surface area contributed by atoms with Crippen molar-refractivity contribution < 1.29 is 0 Å². The molecule has 4 heteroatoms. The van der Waals surface area contributed by atoms with E-state index in [2.05, 4.69) is 48.2 Å². The van der Waals surface area contributed by atoms with Crippen LogP contribution < -0.4 is 5.73 Å². The van der Waals surface area contributed by atoms with Crippen LogP contribution >= 0.6 is 0 Å². The summed E-state index contributed by atoms with van der Waals surface area (Å²) in [7, 11) is 0. The van der Waals surface area contributed by atoms with E-state index in [0.29, 0.717) is 5.95 Å². The van der Waals surface area contributed by atoms with Crippen LogP contribution in [0.15, 0.2) is 36.5 Å². The first-order chi connectivity index (χ1) is 8.66. The van der Waals surface area contributed by atoms with Gasteiger partial charge in [-0.3, -0.25) is 0 Å². The van der Waals surface area contributed by atoms with Crippen LogP contribution in [0, 0.1) is 13.8 Å². The molecule has 3 aromatic rings. The predicted octanol–water partition coefficient (Wildman–Crippen LogP) is 2.60. The number of nitrogen functional groups attached to an aromatic ring is 1. The second-order valence-electron chi connectivity index (χ2n) is 4.43. The van der Waals surface area contributed by atoms with E-state index in [1.54, 1.807) is 4.52 Å². The minimum atomic E-state index is 0.300. The van der Waals surface area contributed by atoms with E-state index < -0.39 is 0 Å². The van der Waals surface area contributed by atoms with Crippen LogP contribution in [-0.4, -0.2) is 14.6 Å². The van der Waals surface area contributed by atoms with Crippen LogP contribution in [0.5, 0.6) is 0 Å². The van der Waals surface area contributed by atoms with Gasteiger partial charge in [0.05, 0.1) is 0 Å². The quantitative estimate of drug-likeness (QED) is 0.709. The van der Waals surface area contributed by atoms with Crippen molar-refractivity contribution in [3.05, 3.63) is 47.7 Å². The third-order valence-corrected chi connectivity index (χ3v) is 3.13. The van der Waals surface area contributed by atoms with Gasteiger partial charge in [-0.1, -0.05) is 18.2 Å². The molecule has 90 valence electrons. The second kappa shape index (κ2) is 3.84. The molecule has 0 aliphatic rings. The zero-order chi connectivity index (χ0) is 12.7. The van der Waals surface area contributed by atoms with E-state index >= 15 is 0 Å². The average molecular weight is 238 g/mol. The molecule has 3 rings (SSSR count). The van der Waals surface area contributed by atoms with Crippen molar-refractivity contribution in [3.8, 4) is 11.1 Å². The summed E-state index contributed by atoms with van der Waals surface area (Å²) in [5.41, 5.74) is 11.2. The minimum Gasteiger partial charge on any atom is -0.366 e. The largest absolute Gasteiger partial charge is 0.366 e. The molecule has 18 heavy (non-hydrogen) atoms. The molecule has 0 fully saturated rings. The number of nitrogens with zero attached hydrogens (tertiary/aromatic N) is 3. The number of nitrogens with two attached hydrogens (primary N) is 1. The molecule has 0 bridgehead atoms. The Hall–Kier alpha value is -2.36. The van der Waals surface area contributed by atoms with Gasteiger partial charge < -0.3 is 5.73 Å². The maximum Gasteiger partial charge on any atom is 0.240 e. The minimum absolute atomic E-state index is 0.300. The Morgan fingerprint density at radius 2 is 1.78 bits per heavy atom. The maximum absolute atomic E-state index is 5.67. The molecule has 0 saturated carbocycles. The molecule has 0 radical (unpaired) electrons. The van der Waals surface area contributed by atoms with Crippen LogP contribution in [0.2, 0.25) is 0 Å². The van der Waals surface area contributed by atoms with Crippen molar-refractivity contribution in [3.63, 3.8) is 0 Å². The summed E-state index contributed by atoms with van der Waals surface area (Å²) in [6, 6.07) is 10.3. The molecule has 2 heterocycles. The van der Waals surface area contributed by atoms with E-state index in [-0.39, 0.29) is 0 Å². The van der Waals surface area contributed by atoms with Gasteiger partial charge in [-0.25, -0.2) is 4.52 Å². The molecule has 0 saturated heterocycles. The van der Waals surface area contributed by atoms with Crippen molar-refractivity contribution in [1.82, 2.24) is 14.6 Å². The molecule has 0 spiro atoms. The third-order valence-electron chi connectivity index (χ3n) is 3.13. The van der Waals surface area contributed by atoms with Crippen LogP contribution in [0.4, 0.5) is 5.95 Å². The average Bonchev–Trinajstić information content (AvgIpc) is 2.70. The first kappa shape index (κ1) is 10.8. The topological polar surface area (TPSA) is 56.2 Å². The van der Waals surface area contributed by atoms with Gasteiger partial charge in [0.25, 0.3) is 0 Å². The van der Waals surface area contributed by atoms with Gasteiger partial charge in [0, 0.05) is 11.8 Å². The van der Waals surface area contributed by atoms with Crippen molar-refractivity contribution in [2.24, 2.45) is 0 Å². The zero-order valence-electron chi connectivity index (χ0n) is 10.4. The Bertz CT molecular complexity index is 707. The van der Waals surface area contributed by atoms with E-state index in [1.165, 1.54) is 16.7 Å². The molecule has 0 aliphatic carbocycles. The van der Waals surface area contributed by atoms with Gasteiger partial charge in [-0.15, -0.1) is 5.10 Å². The lowest BCUT2D eigenvalue weighted by molar-refractivity contribution is 0.968. The number of aromatic nitrogens is 3. The second-order valence-corrected chi connectivity index (χ2v) is 4.43. The number of hydrogen-bond acceptors (Lipinski definition) is 3. The number of benzene rings is 1. The number of rotatable bonds is 1. The summed E-state index contributed by atoms with van der Waals surface area (Å²) >= 11 is 0. The van der Waals surface area contributed by atoms with Gasteiger partial charge in [0.15, 0.2) is 5.65 Å². The summed E-state index contributed by atoms with van der Waals surface area (Å²) in [5.74, 6) is 0.300. The standard InChI is InChI=1S/C14H14N4/c1-9-5-3-6-10(2)12(9)11-7-4-8-18-13(11)16-14(15)17-18/h3-8H,1-2H3,(H2,15,17). The van der Waals surface area contributed by atoms with Crippen LogP contribution in [0.1, 0.15) is 11.1 Å².